The molecule has 0 radical (unpaired) electrons. The van der Waals surface area contributed by atoms with Crippen LogP contribution in [0.2, 0.25) is 0 Å². The fourth-order valence-electron chi connectivity index (χ4n) is 6.60. The van der Waals surface area contributed by atoms with E-state index in [4.69, 9.17) is 36.7 Å². The average molecular weight is 631 g/mol. The number of carbonyl (C=O) groups excluding carboxylic acids is 1. The second kappa shape index (κ2) is 9.63. The van der Waals surface area contributed by atoms with Crippen molar-refractivity contribution >= 4 is 103 Å². The number of rotatable bonds is 2. The number of hydrogen-bond donors (Lipinski definition) is 0. The first-order chi connectivity index (χ1) is 20.3. The molecule has 0 saturated carbocycles. The highest BCUT2D eigenvalue weighted by Crippen LogP contribution is 2.54. The summed E-state index contributed by atoms with van der Waals surface area (Å²) < 4.78 is 0. The minimum atomic E-state index is 0.0229. The summed E-state index contributed by atoms with van der Waals surface area (Å²) in [5.74, 6) is 0.550. The van der Waals surface area contributed by atoms with Gasteiger partial charge in [0.2, 0.25) is 0 Å². The number of Topliss-reactive ketones (excluding diaryl/α,β-unsaturated/α-hetero) is 1. The van der Waals surface area contributed by atoms with Gasteiger partial charge in [-0.15, -0.1) is 22.7 Å². The summed E-state index contributed by atoms with van der Waals surface area (Å²) in [6, 6.07) is 20.3. The quantitative estimate of drug-likeness (QED) is 0.162. The normalized spacial score (nSPS) is 21.1. The minimum absolute atomic E-state index is 0.0229. The molecule has 8 rings (SSSR count). The third-order valence-corrected chi connectivity index (χ3v) is 12.3. The zero-order chi connectivity index (χ0) is 28.9. The molecule has 2 atom stereocenters. The molecule has 4 aliphatic rings. The van der Waals surface area contributed by atoms with Crippen LogP contribution in [0.3, 0.4) is 0 Å². The summed E-state index contributed by atoms with van der Waals surface area (Å²) >= 11 is 21.0. The third kappa shape index (κ3) is 3.83. The number of thiophene rings is 2. The Kier molecular flexibility index (Phi) is 6.05. The average Bonchev–Trinajstić information content (AvgIpc) is 3.73. The molecule has 4 aliphatic carbocycles. The van der Waals surface area contributed by atoms with Gasteiger partial charge in [0.1, 0.15) is 0 Å². The molecule has 2 aromatic heterocycles. The molecule has 0 saturated heterocycles. The first kappa shape index (κ1) is 26.4. The zero-order valence-corrected chi connectivity index (χ0v) is 26.8. The van der Waals surface area contributed by atoms with E-state index in [9.17, 15) is 4.79 Å². The Morgan fingerprint density at radius 1 is 0.595 bits per heavy atom. The summed E-state index contributed by atoms with van der Waals surface area (Å²) in [7, 11) is 0. The van der Waals surface area contributed by atoms with E-state index in [1.165, 1.54) is 36.9 Å². The number of ketones is 1. The predicted octanol–water partition coefficient (Wildman–Crippen LogP) is 10.0. The highest BCUT2D eigenvalue weighted by Gasteiger charge is 2.37. The van der Waals surface area contributed by atoms with E-state index in [1.54, 1.807) is 11.3 Å². The molecule has 0 aliphatic heterocycles. The van der Waals surface area contributed by atoms with Crippen LogP contribution in [-0.4, -0.2) is 20.4 Å². The van der Waals surface area contributed by atoms with Crippen LogP contribution in [0, 0.1) is 0 Å². The molecule has 0 amide bonds. The summed E-state index contributed by atoms with van der Waals surface area (Å²) in [5, 5.41) is 0. The van der Waals surface area contributed by atoms with Gasteiger partial charge in [-0.05, 0) is 60.4 Å². The fraction of sp³-hybridized carbons (Fsp3) is 0.111. The van der Waals surface area contributed by atoms with Gasteiger partial charge in [-0.25, -0.2) is 0 Å². The Balaban J connectivity index is 1.16. The molecule has 0 spiro atoms. The maximum atomic E-state index is 13.2. The van der Waals surface area contributed by atoms with Crippen LogP contribution < -0.4 is 0 Å². The first-order valence-corrected chi connectivity index (χ1v) is 16.6. The van der Waals surface area contributed by atoms with Crippen LogP contribution in [0.4, 0.5) is 0 Å². The van der Waals surface area contributed by atoms with Gasteiger partial charge < -0.3 is 0 Å². The van der Waals surface area contributed by atoms with E-state index in [0.29, 0.717) is 16.0 Å². The number of carbonyl (C=O) groups is 1. The van der Waals surface area contributed by atoms with Crippen LogP contribution >= 0.6 is 59.3 Å². The predicted molar refractivity (Wildman–Crippen MR) is 190 cm³/mol. The molecule has 202 valence electrons. The Hall–Kier alpha value is -3.26. The van der Waals surface area contributed by atoms with Crippen LogP contribution in [0.15, 0.2) is 84.0 Å². The van der Waals surface area contributed by atoms with Crippen molar-refractivity contribution in [1.29, 1.82) is 0 Å². The van der Waals surface area contributed by atoms with E-state index in [-0.39, 0.29) is 17.6 Å². The standard InChI is InChI=1S/C36H22OS5/c1-17-11-28-27(35-25(17)13-19(41-35)15-29-31(37)21-7-3-4-8-22(21)32(29)38)12-18(2)26-14-20(42-36(26)28)16-30-33(39)23-9-5-6-10-24(23)34(30)40/h3-16,27-28H,1-2H3/b29-15-. The largest absolute Gasteiger partial charge is 0.289 e. The van der Waals surface area contributed by atoms with Gasteiger partial charge in [0.05, 0.1) is 14.6 Å². The lowest BCUT2D eigenvalue weighted by atomic mass is 9.75. The lowest BCUT2D eigenvalue weighted by Crippen LogP contribution is -2.15. The van der Waals surface area contributed by atoms with Crippen molar-refractivity contribution in [2.75, 3.05) is 0 Å². The molecule has 42 heavy (non-hydrogen) atoms. The van der Waals surface area contributed by atoms with Crippen LogP contribution in [0.1, 0.15) is 83.4 Å². The lowest BCUT2D eigenvalue weighted by molar-refractivity contribution is 0.104. The van der Waals surface area contributed by atoms with Gasteiger partial charge in [-0.1, -0.05) is 97.3 Å². The Morgan fingerprint density at radius 2 is 1.00 bits per heavy atom. The lowest BCUT2D eigenvalue weighted by Gasteiger charge is -2.31. The number of thiocarbonyl (C=S) groups is 3. The number of benzene rings is 2. The summed E-state index contributed by atoms with van der Waals surface area (Å²) in [6.45, 7) is 4.42. The number of fused-ring (bicyclic) bond motifs is 7. The van der Waals surface area contributed by atoms with Gasteiger partial charge in [0.25, 0.3) is 0 Å². The smallest absolute Gasteiger partial charge is 0.195 e. The van der Waals surface area contributed by atoms with Gasteiger partial charge in [0, 0.05) is 64.7 Å². The van der Waals surface area contributed by atoms with Gasteiger partial charge in [0.15, 0.2) is 5.78 Å². The van der Waals surface area contributed by atoms with E-state index >= 15 is 0 Å². The molecule has 0 bridgehead atoms. The molecule has 4 aromatic rings. The molecule has 2 heterocycles. The zero-order valence-electron chi connectivity index (χ0n) is 22.7. The van der Waals surface area contributed by atoms with Crippen LogP contribution in [-0.2, 0) is 0 Å². The van der Waals surface area contributed by atoms with Crippen molar-refractivity contribution in [2.24, 2.45) is 0 Å². The third-order valence-electron chi connectivity index (χ3n) is 8.65. The van der Waals surface area contributed by atoms with Crippen molar-refractivity contribution < 1.29 is 4.79 Å². The maximum Gasteiger partial charge on any atom is 0.195 e. The fourth-order valence-corrected chi connectivity index (χ4v) is 10.2. The van der Waals surface area contributed by atoms with Crippen LogP contribution in [0.25, 0.3) is 23.3 Å². The van der Waals surface area contributed by atoms with Crippen molar-refractivity contribution in [2.45, 2.75) is 25.7 Å². The molecular weight excluding hydrogens is 609 g/mol. The minimum Gasteiger partial charge on any atom is -0.289 e. The molecule has 2 aromatic carbocycles. The van der Waals surface area contributed by atoms with Gasteiger partial charge in [-0.2, -0.15) is 0 Å². The SMILES string of the molecule is CC1=CC2c3sc(/C=C4/C(=O)c5ccccc5C4=S)cc3C(C)=CC2c2sc(C=C3C(=S)c4ccccc4C3=S)cc21. The van der Waals surface area contributed by atoms with E-state index < -0.39 is 0 Å². The second-order valence-corrected chi connectivity index (χ2v) is 14.6. The van der Waals surface area contributed by atoms with Gasteiger partial charge >= 0.3 is 0 Å². The molecule has 2 unspecified atom stereocenters. The van der Waals surface area contributed by atoms with Crippen molar-refractivity contribution in [3.8, 4) is 0 Å². The van der Waals surface area contributed by atoms with Crippen molar-refractivity contribution in [1.82, 2.24) is 0 Å². The van der Waals surface area contributed by atoms with Gasteiger partial charge in [-0.3, -0.25) is 4.79 Å². The highest BCUT2D eigenvalue weighted by atomic mass is 32.1. The summed E-state index contributed by atoms with van der Waals surface area (Å²) in [6.07, 6.45) is 9.04. The molecule has 0 N–H and O–H groups in total. The Bertz CT molecular complexity index is 1870. The molecule has 1 nitrogen and oxygen atoms in total. The maximum absolute atomic E-state index is 13.2. The van der Waals surface area contributed by atoms with E-state index in [2.05, 4.69) is 56.3 Å². The number of allylic oxidation sites excluding steroid dienone is 6. The van der Waals surface area contributed by atoms with Crippen LogP contribution in [0.5, 0.6) is 0 Å². The molecular formula is C36H22OS5. The topological polar surface area (TPSA) is 17.1 Å². The molecule has 0 fully saturated rings. The second-order valence-electron chi connectivity index (χ2n) is 11.1. The number of hydrogen-bond acceptors (Lipinski definition) is 6. The Labute approximate surface area is 268 Å². The monoisotopic (exact) mass is 630 g/mol. The first-order valence-electron chi connectivity index (χ1n) is 13.8. The van der Waals surface area contributed by atoms with E-state index in [1.807, 2.05) is 53.8 Å². The summed E-state index contributed by atoms with van der Waals surface area (Å²) in [4.78, 5) is 20.5. The molecule has 6 heteroatoms. The van der Waals surface area contributed by atoms with Crippen molar-refractivity contribution in [3.05, 3.63) is 137 Å². The highest BCUT2D eigenvalue weighted by molar-refractivity contribution is 7.84. The van der Waals surface area contributed by atoms with Crippen molar-refractivity contribution in [3.63, 3.8) is 0 Å². The Morgan fingerprint density at radius 3 is 1.48 bits per heavy atom. The summed E-state index contributed by atoms with van der Waals surface area (Å²) in [5.41, 5.74) is 10.5. The van der Waals surface area contributed by atoms with E-state index in [0.717, 1.165) is 36.9 Å².